The Morgan fingerprint density at radius 2 is 1.89 bits per heavy atom. The zero-order valence-corrected chi connectivity index (χ0v) is 17.0. The van der Waals surface area contributed by atoms with Crippen LogP contribution in [0.5, 0.6) is 0 Å². The minimum Gasteiger partial charge on any atom is -0.353 e. The van der Waals surface area contributed by atoms with E-state index in [1.165, 1.54) is 0 Å². The van der Waals surface area contributed by atoms with Crippen LogP contribution in [0.3, 0.4) is 0 Å². The van der Waals surface area contributed by atoms with E-state index < -0.39 is 0 Å². The van der Waals surface area contributed by atoms with Crippen LogP contribution in [0.25, 0.3) is 11.4 Å². The molecule has 0 aliphatic carbocycles. The Balaban J connectivity index is 1.40. The Bertz CT molecular complexity index is 949. The summed E-state index contributed by atoms with van der Waals surface area (Å²) in [6.45, 7) is 4.62. The van der Waals surface area contributed by atoms with E-state index in [0.717, 1.165) is 33.6 Å². The van der Waals surface area contributed by atoms with Crippen molar-refractivity contribution in [3.05, 3.63) is 57.6 Å². The van der Waals surface area contributed by atoms with E-state index in [9.17, 15) is 4.79 Å². The number of hydrogen-bond acceptors (Lipinski definition) is 6. The van der Waals surface area contributed by atoms with Gasteiger partial charge in [-0.2, -0.15) is 4.98 Å². The Hall–Kier alpha value is -2.49. The Morgan fingerprint density at radius 1 is 1.11 bits per heavy atom. The van der Waals surface area contributed by atoms with Gasteiger partial charge in [0.1, 0.15) is 5.82 Å². The highest BCUT2D eigenvalue weighted by molar-refractivity contribution is 14.1. The maximum absolute atomic E-state index is 12.7. The summed E-state index contributed by atoms with van der Waals surface area (Å²) in [6, 6.07) is 11.6. The van der Waals surface area contributed by atoms with E-state index in [1.807, 2.05) is 41.3 Å². The van der Waals surface area contributed by atoms with Crippen molar-refractivity contribution in [2.75, 3.05) is 31.1 Å². The molecule has 1 saturated heterocycles. The molecule has 2 aromatic heterocycles. The molecule has 138 valence electrons. The average Bonchev–Trinajstić information content (AvgIpc) is 3.14. The van der Waals surface area contributed by atoms with Gasteiger partial charge in [-0.25, -0.2) is 4.98 Å². The first-order valence-electron chi connectivity index (χ1n) is 8.67. The van der Waals surface area contributed by atoms with Crippen molar-refractivity contribution in [1.29, 1.82) is 0 Å². The minimum absolute atomic E-state index is 0.0930. The number of aryl methyl sites for hydroxylation is 1. The summed E-state index contributed by atoms with van der Waals surface area (Å²) >= 11 is 2.21. The van der Waals surface area contributed by atoms with Crippen LogP contribution in [0.1, 0.15) is 16.2 Å². The highest BCUT2D eigenvalue weighted by Gasteiger charge is 2.24. The van der Waals surface area contributed by atoms with Crippen molar-refractivity contribution >= 4 is 34.3 Å². The standard InChI is InChI=1S/C19H18IN5O2/c1-13-22-18(23-27-13)14-6-7-17(21-12-14)24-8-10-25(11-9-24)19(26)15-4-2-3-5-16(15)20/h2-7,12H,8-11H2,1H3. The van der Waals surface area contributed by atoms with Crippen molar-refractivity contribution in [1.82, 2.24) is 20.0 Å². The molecular formula is C19H18IN5O2. The van der Waals surface area contributed by atoms with Gasteiger partial charge in [-0.1, -0.05) is 17.3 Å². The van der Waals surface area contributed by atoms with Crippen LogP contribution in [0.15, 0.2) is 47.1 Å². The van der Waals surface area contributed by atoms with Crippen molar-refractivity contribution in [3.8, 4) is 11.4 Å². The first-order valence-corrected chi connectivity index (χ1v) is 9.75. The Morgan fingerprint density at radius 3 is 2.52 bits per heavy atom. The number of amides is 1. The van der Waals surface area contributed by atoms with E-state index in [1.54, 1.807) is 13.1 Å². The van der Waals surface area contributed by atoms with E-state index in [0.29, 0.717) is 24.8 Å². The molecule has 0 atom stereocenters. The normalized spacial score (nSPS) is 14.4. The molecule has 0 bridgehead atoms. The maximum Gasteiger partial charge on any atom is 0.255 e. The molecule has 0 unspecified atom stereocenters. The molecule has 3 heterocycles. The molecule has 0 spiro atoms. The summed E-state index contributed by atoms with van der Waals surface area (Å²) in [5, 5.41) is 3.91. The summed E-state index contributed by atoms with van der Waals surface area (Å²) < 4.78 is 5.99. The van der Waals surface area contributed by atoms with Gasteiger partial charge >= 0.3 is 0 Å². The van der Waals surface area contributed by atoms with E-state index in [4.69, 9.17) is 4.52 Å². The molecule has 3 aromatic rings. The van der Waals surface area contributed by atoms with Crippen LogP contribution >= 0.6 is 22.6 Å². The molecule has 1 amide bonds. The molecule has 0 N–H and O–H groups in total. The summed E-state index contributed by atoms with van der Waals surface area (Å²) in [7, 11) is 0. The molecule has 4 rings (SSSR count). The monoisotopic (exact) mass is 475 g/mol. The number of benzene rings is 1. The summed E-state index contributed by atoms with van der Waals surface area (Å²) in [5.74, 6) is 2.05. The van der Waals surface area contributed by atoms with Gasteiger partial charge in [0.25, 0.3) is 5.91 Å². The summed E-state index contributed by atoms with van der Waals surface area (Å²) in [5.41, 5.74) is 1.59. The van der Waals surface area contributed by atoms with Gasteiger partial charge in [-0.15, -0.1) is 0 Å². The first-order chi connectivity index (χ1) is 13.1. The minimum atomic E-state index is 0.0930. The maximum atomic E-state index is 12.7. The number of rotatable bonds is 3. The topological polar surface area (TPSA) is 75.4 Å². The van der Waals surface area contributed by atoms with Crippen LogP contribution in [0.4, 0.5) is 5.82 Å². The molecule has 1 aliphatic rings. The highest BCUT2D eigenvalue weighted by Crippen LogP contribution is 2.20. The molecule has 0 radical (unpaired) electrons. The van der Waals surface area contributed by atoms with Crippen molar-refractivity contribution in [3.63, 3.8) is 0 Å². The third-order valence-corrected chi connectivity index (χ3v) is 5.47. The molecule has 1 aliphatic heterocycles. The lowest BCUT2D eigenvalue weighted by Crippen LogP contribution is -2.49. The average molecular weight is 475 g/mol. The number of aromatic nitrogens is 3. The number of nitrogens with zero attached hydrogens (tertiary/aromatic N) is 5. The van der Waals surface area contributed by atoms with E-state index >= 15 is 0 Å². The second-order valence-corrected chi connectivity index (χ2v) is 7.46. The van der Waals surface area contributed by atoms with Gasteiger partial charge in [0.15, 0.2) is 0 Å². The second kappa shape index (κ2) is 7.63. The van der Waals surface area contributed by atoms with E-state index in [-0.39, 0.29) is 5.91 Å². The first kappa shape index (κ1) is 17.9. The van der Waals surface area contributed by atoms with Gasteiger partial charge in [0, 0.05) is 48.4 Å². The number of pyridine rings is 1. The van der Waals surface area contributed by atoms with Crippen molar-refractivity contribution in [2.45, 2.75) is 6.92 Å². The molecule has 8 heteroatoms. The fourth-order valence-electron chi connectivity index (χ4n) is 3.07. The lowest BCUT2D eigenvalue weighted by atomic mass is 10.2. The van der Waals surface area contributed by atoms with Crippen LogP contribution in [0.2, 0.25) is 0 Å². The van der Waals surface area contributed by atoms with Crippen LogP contribution in [-0.2, 0) is 0 Å². The number of hydrogen-bond donors (Lipinski definition) is 0. The lowest BCUT2D eigenvalue weighted by Gasteiger charge is -2.35. The van der Waals surface area contributed by atoms with Gasteiger partial charge in [0.2, 0.25) is 11.7 Å². The third kappa shape index (κ3) is 3.80. The summed E-state index contributed by atoms with van der Waals surface area (Å²) in [6.07, 6.45) is 1.75. The lowest BCUT2D eigenvalue weighted by molar-refractivity contribution is 0.0745. The Labute approximate surface area is 170 Å². The largest absolute Gasteiger partial charge is 0.353 e. The third-order valence-electron chi connectivity index (χ3n) is 4.53. The fraction of sp³-hybridized carbons (Fsp3) is 0.263. The fourth-order valence-corrected chi connectivity index (χ4v) is 3.68. The number of carbonyl (C=O) groups is 1. The number of halogens is 1. The quantitative estimate of drug-likeness (QED) is 0.543. The molecular weight excluding hydrogens is 457 g/mol. The highest BCUT2D eigenvalue weighted by atomic mass is 127. The van der Waals surface area contributed by atoms with Gasteiger partial charge in [-0.05, 0) is 46.9 Å². The predicted octanol–water partition coefficient (Wildman–Crippen LogP) is 3.01. The van der Waals surface area contributed by atoms with Gasteiger partial charge in [0.05, 0.1) is 5.56 Å². The number of carbonyl (C=O) groups excluding carboxylic acids is 1. The van der Waals surface area contributed by atoms with Crippen LogP contribution in [0, 0.1) is 10.5 Å². The van der Waals surface area contributed by atoms with E-state index in [2.05, 4.69) is 42.6 Å². The summed E-state index contributed by atoms with van der Waals surface area (Å²) in [4.78, 5) is 25.6. The van der Waals surface area contributed by atoms with Crippen LogP contribution < -0.4 is 4.90 Å². The van der Waals surface area contributed by atoms with Gasteiger partial charge < -0.3 is 14.3 Å². The Kier molecular flexibility index (Phi) is 5.06. The van der Waals surface area contributed by atoms with Gasteiger partial charge in [-0.3, -0.25) is 4.79 Å². The SMILES string of the molecule is Cc1nc(-c2ccc(N3CCN(C(=O)c4ccccc4I)CC3)nc2)no1. The molecule has 1 fully saturated rings. The molecule has 27 heavy (non-hydrogen) atoms. The van der Waals surface area contributed by atoms with Crippen molar-refractivity contribution < 1.29 is 9.32 Å². The molecule has 1 aromatic carbocycles. The second-order valence-electron chi connectivity index (χ2n) is 6.30. The van der Waals surface area contributed by atoms with Crippen molar-refractivity contribution in [2.24, 2.45) is 0 Å². The smallest absolute Gasteiger partial charge is 0.255 e. The predicted molar refractivity (Wildman–Crippen MR) is 110 cm³/mol. The molecule has 0 saturated carbocycles. The zero-order valence-electron chi connectivity index (χ0n) is 14.8. The number of piperazine rings is 1. The van der Waals surface area contributed by atoms with Crippen LogP contribution in [-0.4, -0.2) is 52.1 Å². The number of anilines is 1. The molecule has 7 nitrogen and oxygen atoms in total. The zero-order chi connectivity index (χ0) is 18.8.